The predicted octanol–water partition coefficient (Wildman–Crippen LogP) is 14.0. The lowest BCUT2D eigenvalue weighted by Crippen LogP contribution is -2.00. The van der Waals surface area contributed by atoms with Crippen molar-refractivity contribution < 1.29 is 4.42 Å². The molecule has 0 aliphatic carbocycles. The second-order valence-electron chi connectivity index (χ2n) is 14.6. The number of furan rings is 1. The highest BCUT2D eigenvalue weighted by molar-refractivity contribution is 6.19. The normalized spacial score (nSPS) is 11.4. The first-order valence-electron chi connectivity index (χ1n) is 19.7. The van der Waals surface area contributed by atoms with Crippen molar-refractivity contribution in [1.82, 2.24) is 19.9 Å². The van der Waals surface area contributed by atoms with Crippen LogP contribution >= 0.6 is 0 Å². The second kappa shape index (κ2) is 14.5. The van der Waals surface area contributed by atoms with Crippen LogP contribution in [0.4, 0.5) is 0 Å². The monoisotopic (exact) mass is 754 g/mol. The molecule has 0 spiro atoms. The third-order valence-electron chi connectivity index (χ3n) is 11.0. The lowest BCUT2D eigenvalue weighted by Gasteiger charge is -2.11. The number of hydrogen-bond acceptors (Lipinski definition) is 5. The Bertz CT molecular complexity index is 3230. The summed E-state index contributed by atoms with van der Waals surface area (Å²) in [5.74, 6) is 2.72. The number of nitrogens with zero attached hydrogens (tertiary/aromatic N) is 4. The van der Waals surface area contributed by atoms with Gasteiger partial charge in [0.25, 0.3) is 0 Å². The number of aromatic nitrogens is 4. The van der Waals surface area contributed by atoms with Crippen LogP contribution < -0.4 is 0 Å². The van der Waals surface area contributed by atoms with Crippen LogP contribution in [0, 0.1) is 0 Å². The number of rotatable bonds is 7. The first kappa shape index (κ1) is 34.2. The third kappa shape index (κ3) is 6.22. The molecule has 0 unspecified atom stereocenters. The molecule has 0 aliphatic heterocycles. The molecule has 11 rings (SSSR count). The van der Waals surface area contributed by atoms with Crippen LogP contribution in [0.2, 0.25) is 0 Å². The average Bonchev–Trinajstić information content (AvgIpc) is 3.73. The summed E-state index contributed by atoms with van der Waals surface area (Å²) in [6, 6.07) is 70.9. The van der Waals surface area contributed by atoms with Gasteiger partial charge in [0.15, 0.2) is 17.5 Å². The fourth-order valence-corrected chi connectivity index (χ4v) is 8.06. The van der Waals surface area contributed by atoms with Gasteiger partial charge in [0.05, 0.1) is 16.6 Å². The van der Waals surface area contributed by atoms with E-state index in [0.29, 0.717) is 17.5 Å². The van der Waals surface area contributed by atoms with Gasteiger partial charge in [-0.15, -0.1) is 0 Å². The molecule has 0 N–H and O–H groups in total. The van der Waals surface area contributed by atoms with E-state index in [1.807, 2.05) is 72.8 Å². The van der Waals surface area contributed by atoms with Crippen molar-refractivity contribution in [3.05, 3.63) is 206 Å². The van der Waals surface area contributed by atoms with Gasteiger partial charge in [0.1, 0.15) is 11.3 Å². The Balaban J connectivity index is 1.03. The molecule has 0 aliphatic rings. The Labute approximate surface area is 341 Å². The summed E-state index contributed by atoms with van der Waals surface area (Å²) in [6.07, 6.45) is 0. The maximum Gasteiger partial charge on any atom is 0.164 e. The summed E-state index contributed by atoms with van der Waals surface area (Å²) in [6.45, 7) is 0. The maximum atomic E-state index is 7.10. The highest BCUT2D eigenvalue weighted by atomic mass is 16.3. The molecule has 11 aromatic rings. The molecule has 0 saturated carbocycles. The van der Waals surface area contributed by atoms with Gasteiger partial charge in [-0.25, -0.2) is 19.9 Å². The molecule has 8 aromatic carbocycles. The molecule has 5 heteroatoms. The summed E-state index contributed by atoms with van der Waals surface area (Å²) in [5, 5.41) is 4.32. The molecular formula is C54H34N4O. The lowest BCUT2D eigenvalue weighted by atomic mass is 9.91. The van der Waals surface area contributed by atoms with Crippen molar-refractivity contribution >= 4 is 32.6 Å². The Kier molecular flexibility index (Phi) is 8.41. The van der Waals surface area contributed by atoms with Gasteiger partial charge in [-0.3, -0.25) is 0 Å². The van der Waals surface area contributed by atoms with Gasteiger partial charge < -0.3 is 4.42 Å². The number of pyridine rings is 1. The molecule has 0 amide bonds. The summed E-state index contributed by atoms with van der Waals surface area (Å²) in [7, 11) is 0. The number of benzene rings is 8. The van der Waals surface area contributed by atoms with E-state index in [-0.39, 0.29) is 0 Å². The van der Waals surface area contributed by atoms with Crippen molar-refractivity contribution in [2.75, 3.05) is 0 Å². The quantitative estimate of drug-likeness (QED) is 0.162. The van der Waals surface area contributed by atoms with Crippen molar-refractivity contribution in [3.8, 4) is 79.0 Å². The number of para-hydroxylation sites is 1. The van der Waals surface area contributed by atoms with Crippen LogP contribution in [0.3, 0.4) is 0 Å². The minimum atomic E-state index is 0.627. The Morgan fingerprint density at radius 3 is 1.39 bits per heavy atom. The maximum absolute atomic E-state index is 7.10. The Hall–Kier alpha value is -8.02. The van der Waals surface area contributed by atoms with E-state index in [1.165, 1.54) is 5.39 Å². The summed E-state index contributed by atoms with van der Waals surface area (Å²) >= 11 is 0. The molecule has 0 radical (unpaired) electrons. The van der Waals surface area contributed by atoms with Gasteiger partial charge in [-0.05, 0) is 39.6 Å². The molecule has 0 atom stereocenters. The minimum Gasteiger partial charge on any atom is -0.455 e. The van der Waals surface area contributed by atoms with E-state index in [4.69, 9.17) is 24.4 Å². The van der Waals surface area contributed by atoms with Crippen LogP contribution in [0.25, 0.3) is 112 Å². The topological polar surface area (TPSA) is 64.7 Å². The Morgan fingerprint density at radius 2 is 0.780 bits per heavy atom. The second-order valence-corrected chi connectivity index (χ2v) is 14.6. The number of fused-ring (bicyclic) bond motifs is 4. The van der Waals surface area contributed by atoms with Crippen LogP contribution in [0.5, 0.6) is 0 Å². The molecular weight excluding hydrogens is 721 g/mol. The minimum absolute atomic E-state index is 0.627. The fraction of sp³-hybridized carbons (Fsp3) is 0. The number of hydrogen-bond donors (Lipinski definition) is 0. The first-order chi connectivity index (χ1) is 29.2. The standard InChI is InChI=1S/C54H34N4O/c1-4-16-38(17-5-1)49-48-47(44-25-14-22-37-15-10-11-23-43(37)44)50(59-51(48)45-24-12-13-26-46(45)55-49)39-31-27-35(28-32-39)36-29-33-42(34-30-36)54-57-52(40-18-6-2-7-19-40)56-53(58-54)41-20-8-3-9-21-41/h1-34H. The average molecular weight is 755 g/mol. The van der Waals surface area contributed by atoms with Crippen LogP contribution in [0.1, 0.15) is 0 Å². The van der Waals surface area contributed by atoms with Crippen LogP contribution in [-0.2, 0) is 0 Å². The van der Waals surface area contributed by atoms with Gasteiger partial charge in [-0.2, -0.15) is 0 Å². The van der Waals surface area contributed by atoms with Crippen LogP contribution in [0.15, 0.2) is 211 Å². The SMILES string of the molecule is c1ccc(-c2nc(-c3ccccc3)nc(-c3ccc(-c4ccc(-c5oc6c(c(-c7ccccc7)nc7ccccc76)c5-c5cccc6ccccc56)cc4)cc3)n2)cc1. The van der Waals surface area contributed by atoms with Crippen molar-refractivity contribution in [2.24, 2.45) is 0 Å². The van der Waals surface area contributed by atoms with E-state index in [1.54, 1.807) is 0 Å². The van der Waals surface area contributed by atoms with Gasteiger partial charge in [0.2, 0.25) is 0 Å². The fourth-order valence-electron chi connectivity index (χ4n) is 8.06. The zero-order valence-corrected chi connectivity index (χ0v) is 31.8. The Morgan fingerprint density at radius 1 is 0.322 bits per heavy atom. The molecule has 276 valence electrons. The molecule has 5 nitrogen and oxygen atoms in total. The van der Waals surface area contributed by atoms with E-state index < -0.39 is 0 Å². The highest BCUT2D eigenvalue weighted by Gasteiger charge is 2.25. The zero-order valence-electron chi connectivity index (χ0n) is 31.8. The van der Waals surface area contributed by atoms with E-state index in [9.17, 15) is 0 Å². The molecule has 0 fully saturated rings. The van der Waals surface area contributed by atoms with Gasteiger partial charge >= 0.3 is 0 Å². The summed E-state index contributed by atoms with van der Waals surface area (Å²) in [5.41, 5.74) is 11.8. The van der Waals surface area contributed by atoms with Gasteiger partial charge in [-0.1, -0.05) is 194 Å². The zero-order chi connectivity index (χ0) is 39.1. The van der Waals surface area contributed by atoms with Crippen LogP contribution in [-0.4, -0.2) is 19.9 Å². The molecule has 59 heavy (non-hydrogen) atoms. The summed E-state index contributed by atoms with van der Waals surface area (Å²) < 4.78 is 7.10. The molecule has 0 bridgehead atoms. The predicted molar refractivity (Wildman–Crippen MR) is 240 cm³/mol. The third-order valence-corrected chi connectivity index (χ3v) is 11.0. The van der Waals surface area contributed by atoms with Gasteiger partial charge in [0, 0.05) is 38.8 Å². The van der Waals surface area contributed by atoms with E-state index in [0.717, 1.165) is 88.8 Å². The smallest absolute Gasteiger partial charge is 0.164 e. The lowest BCUT2D eigenvalue weighted by molar-refractivity contribution is 0.636. The molecule has 3 aromatic heterocycles. The van der Waals surface area contributed by atoms with Crippen molar-refractivity contribution in [1.29, 1.82) is 0 Å². The largest absolute Gasteiger partial charge is 0.455 e. The highest BCUT2D eigenvalue weighted by Crippen LogP contribution is 2.48. The molecule has 3 heterocycles. The first-order valence-corrected chi connectivity index (χ1v) is 19.7. The molecule has 0 saturated heterocycles. The van der Waals surface area contributed by atoms with E-state index >= 15 is 0 Å². The van der Waals surface area contributed by atoms with Crippen molar-refractivity contribution in [2.45, 2.75) is 0 Å². The summed E-state index contributed by atoms with van der Waals surface area (Å²) in [4.78, 5) is 20.0. The van der Waals surface area contributed by atoms with E-state index in [2.05, 4.69) is 133 Å². The van der Waals surface area contributed by atoms with Crippen molar-refractivity contribution in [3.63, 3.8) is 0 Å².